The van der Waals surface area contributed by atoms with Gasteiger partial charge in [0.1, 0.15) is 5.75 Å². The molecule has 0 fully saturated rings. The highest BCUT2D eigenvalue weighted by Gasteiger charge is 2.16. The molecule has 4 heteroatoms. The average molecular weight is 232 g/mol. The Balaban J connectivity index is 2.29. The summed E-state index contributed by atoms with van der Waals surface area (Å²) in [6.45, 7) is 4.21. The fourth-order valence-electron chi connectivity index (χ4n) is 1.80. The molecule has 0 aliphatic rings. The summed E-state index contributed by atoms with van der Waals surface area (Å²) < 4.78 is 5.26. The Morgan fingerprint density at radius 1 is 1.29 bits per heavy atom. The van der Waals surface area contributed by atoms with E-state index >= 15 is 0 Å². The lowest BCUT2D eigenvalue weighted by Gasteiger charge is -2.04. The van der Waals surface area contributed by atoms with Gasteiger partial charge in [0.15, 0.2) is 0 Å². The van der Waals surface area contributed by atoms with Gasteiger partial charge in [0.25, 0.3) is 0 Å². The molecule has 0 atom stereocenters. The van der Waals surface area contributed by atoms with Crippen molar-refractivity contribution >= 4 is 0 Å². The van der Waals surface area contributed by atoms with E-state index in [0.717, 1.165) is 18.4 Å². The fraction of sp³-hybridized carbons (Fsp3) is 0.385. The molecule has 0 spiro atoms. The van der Waals surface area contributed by atoms with Gasteiger partial charge in [-0.3, -0.25) is 0 Å². The van der Waals surface area contributed by atoms with Crippen molar-refractivity contribution < 1.29 is 9.63 Å². The lowest BCUT2D eigenvalue weighted by atomic mass is 10.0. The van der Waals surface area contributed by atoms with Crippen LogP contribution < -0.4 is 0 Å². The van der Waals surface area contributed by atoms with E-state index in [1.165, 1.54) is 0 Å². The summed E-state index contributed by atoms with van der Waals surface area (Å²) in [4.78, 5) is 4.37. The quantitative estimate of drug-likeness (QED) is 0.878. The number of hydrogen-bond donors (Lipinski definition) is 1. The minimum atomic E-state index is 0.205. The number of aromatic hydroxyl groups is 1. The molecule has 1 N–H and O–H groups in total. The first-order valence-corrected chi connectivity index (χ1v) is 5.87. The normalized spacial score (nSPS) is 11.0. The summed E-state index contributed by atoms with van der Waals surface area (Å²) in [5.74, 6) is 1.72. The maximum absolute atomic E-state index is 9.40. The SMILES string of the molecule is CCC(CC)c1nc(-c2cccc(O)c2)no1. The third-order valence-electron chi connectivity index (χ3n) is 2.88. The maximum Gasteiger partial charge on any atom is 0.230 e. The Morgan fingerprint density at radius 2 is 2.06 bits per heavy atom. The molecule has 1 aromatic heterocycles. The van der Waals surface area contributed by atoms with Gasteiger partial charge in [0.2, 0.25) is 11.7 Å². The molecule has 0 bridgehead atoms. The Morgan fingerprint density at radius 3 is 2.71 bits per heavy atom. The largest absolute Gasteiger partial charge is 0.508 e. The third kappa shape index (κ3) is 2.46. The van der Waals surface area contributed by atoms with Crippen molar-refractivity contribution in [2.75, 3.05) is 0 Å². The molecule has 0 radical (unpaired) electrons. The van der Waals surface area contributed by atoms with Crippen LogP contribution in [-0.2, 0) is 0 Å². The molecule has 0 saturated heterocycles. The highest BCUT2D eigenvalue weighted by molar-refractivity contribution is 5.56. The standard InChI is InChI=1S/C13H16N2O2/c1-3-9(4-2)13-14-12(15-17-13)10-6-5-7-11(16)8-10/h5-9,16H,3-4H2,1-2H3. The zero-order valence-corrected chi connectivity index (χ0v) is 10.1. The van der Waals surface area contributed by atoms with Crippen LogP contribution in [0.15, 0.2) is 28.8 Å². The van der Waals surface area contributed by atoms with E-state index < -0.39 is 0 Å². The molecule has 1 aromatic carbocycles. The van der Waals surface area contributed by atoms with E-state index in [1.807, 2.05) is 6.07 Å². The average Bonchev–Trinajstić information content (AvgIpc) is 2.80. The van der Waals surface area contributed by atoms with E-state index in [9.17, 15) is 5.11 Å². The topological polar surface area (TPSA) is 59.2 Å². The van der Waals surface area contributed by atoms with Gasteiger partial charge in [0, 0.05) is 11.5 Å². The predicted octanol–water partition coefficient (Wildman–Crippen LogP) is 3.35. The molecule has 90 valence electrons. The molecule has 0 amide bonds. The first-order chi connectivity index (χ1) is 8.24. The highest BCUT2D eigenvalue weighted by Crippen LogP contribution is 2.25. The van der Waals surface area contributed by atoms with Crippen molar-refractivity contribution in [1.29, 1.82) is 0 Å². The number of nitrogens with zero attached hydrogens (tertiary/aromatic N) is 2. The molecular weight excluding hydrogens is 216 g/mol. The van der Waals surface area contributed by atoms with Crippen molar-refractivity contribution in [3.63, 3.8) is 0 Å². The number of hydrogen-bond acceptors (Lipinski definition) is 4. The lowest BCUT2D eigenvalue weighted by molar-refractivity contribution is 0.346. The van der Waals surface area contributed by atoms with Crippen LogP contribution in [0.5, 0.6) is 5.75 Å². The Kier molecular flexibility index (Phi) is 3.42. The van der Waals surface area contributed by atoms with Crippen LogP contribution in [0, 0.1) is 0 Å². The lowest BCUT2D eigenvalue weighted by Crippen LogP contribution is -1.95. The van der Waals surface area contributed by atoms with Gasteiger partial charge in [-0.15, -0.1) is 0 Å². The molecule has 0 saturated carbocycles. The van der Waals surface area contributed by atoms with E-state index in [2.05, 4.69) is 24.0 Å². The summed E-state index contributed by atoms with van der Waals surface area (Å²) in [7, 11) is 0. The van der Waals surface area contributed by atoms with Gasteiger partial charge in [-0.2, -0.15) is 4.98 Å². The van der Waals surface area contributed by atoms with Crippen LogP contribution in [0.25, 0.3) is 11.4 Å². The van der Waals surface area contributed by atoms with E-state index in [1.54, 1.807) is 18.2 Å². The van der Waals surface area contributed by atoms with E-state index in [0.29, 0.717) is 17.6 Å². The second kappa shape index (κ2) is 4.99. The van der Waals surface area contributed by atoms with Crippen LogP contribution in [0.4, 0.5) is 0 Å². The van der Waals surface area contributed by atoms with Crippen LogP contribution in [-0.4, -0.2) is 15.2 Å². The molecule has 17 heavy (non-hydrogen) atoms. The van der Waals surface area contributed by atoms with Crippen molar-refractivity contribution in [1.82, 2.24) is 10.1 Å². The summed E-state index contributed by atoms with van der Waals surface area (Å²) in [6.07, 6.45) is 1.97. The van der Waals surface area contributed by atoms with Gasteiger partial charge in [-0.05, 0) is 25.0 Å². The van der Waals surface area contributed by atoms with Gasteiger partial charge < -0.3 is 9.63 Å². The molecule has 0 aliphatic heterocycles. The van der Waals surface area contributed by atoms with Gasteiger partial charge in [0.05, 0.1) is 0 Å². The number of rotatable bonds is 4. The molecule has 0 aliphatic carbocycles. The second-order valence-corrected chi connectivity index (χ2v) is 4.02. The molecule has 1 heterocycles. The summed E-state index contributed by atoms with van der Waals surface area (Å²) in [5, 5.41) is 13.3. The smallest absolute Gasteiger partial charge is 0.230 e. The molecule has 2 rings (SSSR count). The maximum atomic E-state index is 9.40. The Hall–Kier alpha value is -1.84. The molecule has 2 aromatic rings. The third-order valence-corrected chi connectivity index (χ3v) is 2.88. The summed E-state index contributed by atoms with van der Waals surface area (Å²) >= 11 is 0. The van der Waals surface area contributed by atoms with Crippen LogP contribution in [0.1, 0.15) is 38.5 Å². The van der Waals surface area contributed by atoms with E-state index in [-0.39, 0.29) is 5.75 Å². The molecule has 0 unspecified atom stereocenters. The van der Waals surface area contributed by atoms with Gasteiger partial charge >= 0.3 is 0 Å². The first-order valence-electron chi connectivity index (χ1n) is 5.87. The number of phenols is 1. The van der Waals surface area contributed by atoms with E-state index in [4.69, 9.17) is 4.52 Å². The zero-order chi connectivity index (χ0) is 12.3. The summed E-state index contributed by atoms with van der Waals surface area (Å²) in [6, 6.07) is 6.85. The van der Waals surface area contributed by atoms with Crippen molar-refractivity contribution in [3.05, 3.63) is 30.2 Å². The van der Waals surface area contributed by atoms with Crippen molar-refractivity contribution in [3.8, 4) is 17.1 Å². The van der Waals surface area contributed by atoms with Crippen LogP contribution >= 0.6 is 0 Å². The zero-order valence-electron chi connectivity index (χ0n) is 10.1. The van der Waals surface area contributed by atoms with Gasteiger partial charge in [-0.1, -0.05) is 31.1 Å². The number of benzene rings is 1. The fourth-order valence-corrected chi connectivity index (χ4v) is 1.80. The minimum absolute atomic E-state index is 0.205. The number of aromatic nitrogens is 2. The Labute approximate surface area is 100 Å². The predicted molar refractivity (Wildman–Crippen MR) is 64.7 cm³/mol. The van der Waals surface area contributed by atoms with Crippen LogP contribution in [0.3, 0.4) is 0 Å². The highest BCUT2D eigenvalue weighted by atomic mass is 16.5. The monoisotopic (exact) mass is 232 g/mol. The van der Waals surface area contributed by atoms with Crippen molar-refractivity contribution in [2.24, 2.45) is 0 Å². The second-order valence-electron chi connectivity index (χ2n) is 4.02. The molecule has 4 nitrogen and oxygen atoms in total. The summed E-state index contributed by atoms with van der Waals surface area (Å²) in [5.41, 5.74) is 0.769. The van der Waals surface area contributed by atoms with Crippen molar-refractivity contribution in [2.45, 2.75) is 32.6 Å². The minimum Gasteiger partial charge on any atom is -0.508 e. The molecular formula is C13H16N2O2. The first kappa shape index (κ1) is 11.6. The Bertz CT molecular complexity index is 490. The number of phenolic OH excluding ortho intramolecular Hbond substituents is 1. The van der Waals surface area contributed by atoms with Gasteiger partial charge in [-0.25, -0.2) is 0 Å². The van der Waals surface area contributed by atoms with Crippen LogP contribution in [0.2, 0.25) is 0 Å².